The molecule has 0 aliphatic rings. The van der Waals surface area contributed by atoms with Gasteiger partial charge in [0.25, 0.3) is 0 Å². The maximum Gasteiger partial charge on any atom is 0.320 e. The number of nitrogens with zero attached hydrogens (tertiary/aromatic N) is 1. The Kier molecular flexibility index (Phi) is 6.88. The SMILES string of the molecule is CCCC(NC(C)C(=O)N(C)Cc1ccccc1)C(=O)O. The molecule has 1 aromatic rings. The number of nitrogens with one attached hydrogen (secondary N) is 1. The summed E-state index contributed by atoms with van der Waals surface area (Å²) in [6.07, 6.45) is 1.26. The zero-order chi connectivity index (χ0) is 15.8. The second-order valence-corrected chi connectivity index (χ2v) is 5.25. The van der Waals surface area contributed by atoms with Gasteiger partial charge in [-0.1, -0.05) is 43.7 Å². The fraction of sp³-hybridized carbons (Fsp3) is 0.500. The van der Waals surface area contributed by atoms with Crippen LogP contribution in [0.3, 0.4) is 0 Å². The second-order valence-electron chi connectivity index (χ2n) is 5.25. The highest BCUT2D eigenvalue weighted by molar-refractivity contribution is 5.82. The highest BCUT2D eigenvalue weighted by atomic mass is 16.4. The van der Waals surface area contributed by atoms with E-state index in [0.717, 1.165) is 12.0 Å². The Labute approximate surface area is 126 Å². The standard InChI is InChI=1S/C16H24N2O3/c1-4-8-14(16(20)21)17-12(2)15(19)18(3)11-13-9-6-5-7-10-13/h5-7,9-10,12,14,17H,4,8,11H2,1-3H3,(H,20,21). The highest BCUT2D eigenvalue weighted by Crippen LogP contribution is 2.05. The fourth-order valence-corrected chi connectivity index (χ4v) is 2.21. The van der Waals surface area contributed by atoms with Crippen LogP contribution in [0.2, 0.25) is 0 Å². The van der Waals surface area contributed by atoms with E-state index < -0.39 is 18.1 Å². The minimum atomic E-state index is -0.915. The molecule has 2 atom stereocenters. The lowest BCUT2D eigenvalue weighted by Crippen LogP contribution is -2.49. The van der Waals surface area contributed by atoms with E-state index >= 15 is 0 Å². The van der Waals surface area contributed by atoms with Crippen LogP contribution in [0.4, 0.5) is 0 Å². The van der Waals surface area contributed by atoms with Crippen LogP contribution in [0, 0.1) is 0 Å². The largest absolute Gasteiger partial charge is 0.480 e. The van der Waals surface area contributed by atoms with Crippen LogP contribution in [-0.2, 0) is 16.1 Å². The molecule has 0 aliphatic carbocycles. The molecule has 1 rings (SSSR count). The molecular formula is C16H24N2O3. The van der Waals surface area contributed by atoms with E-state index in [-0.39, 0.29) is 5.91 Å². The molecule has 0 bridgehead atoms. The molecule has 21 heavy (non-hydrogen) atoms. The molecule has 0 fully saturated rings. The van der Waals surface area contributed by atoms with Crippen LogP contribution in [0.1, 0.15) is 32.3 Å². The molecule has 2 unspecified atom stereocenters. The Hall–Kier alpha value is -1.88. The van der Waals surface area contributed by atoms with E-state index in [9.17, 15) is 9.59 Å². The van der Waals surface area contributed by atoms with Gasteiger partial charge in [0.15, 0.2) is 0 Å². The first kappa shape index (κ1) is 17.2. The maximum atomic E-state index is 12.3. The number of carboxylic acids is 1. The van der Waals surface area contributed by atoms with Crippen LogP contribution in [-0.4, -0.2) is 41.0 Å². The lowest BCUT2D eigenvalue weighted by molar-refractivity contribution is -0.140. The Balaban J connectivity index is 2.58. The molecule has 0 spiro atoms. The van der Waals surface area contributed by atoms with Gasteiger partial charge in [0, 0.05) is 13.6 Å². The van der Waals surface area contributed by atoms with E-state index in [4.69, 9.17) is 5.11 Å². The molecule has 0 aromatic heterocycles. The topological polar surface area (TPSA) is 69.6 Å². The van der Waals surface area contributed by atoms with Crippen LogP contribution in [0.25, 0.3) is 0 Å². The molecule has 1 amide bonds. The number of carbonyl (C=O) groups excluding carboxylic acids is 1. The van der Waals surface area contributed by atoms with Crippen molar-refractivity contribution >= 4 is 11.9 Å². The van der Waals surface area contributed by atoms with Crippen molar-refractivity contribution in [3.05, 3.63) is 35.9 Å². The number of hydrogen-bond acceptors (Lipinski definition) is 3. The molecule has 0 saturated heterocycles. The Bertz CT molecular complexity index is 462. The van der Waals surface area contributed by atoms with Crippen molar-refractivity contribution in [2.75, 3.05) is 7.05 Å². The number of carbonyl (C=O) groups is 2. The highest BCUT2D eigenvalue weighted by Gasteiger charge is 2.24. The normalized spacial score (nSPS) is 13.5. The predicted octanol–water partition coefficient (Wildman–Crippen LogP) is 1.88. The van der Waals surface area contributed by atoms with Crippen molar-refractivity contribution in [3.63, 3.8) is 0 Å². The van der Waals surface area contributed by atoms with Gasteiger partial charge >= 0.3 is 5.97 Å². The number of benzene rings is 1. The molecule has 116 valence electrons. The number of amides is 1. The zero-order valence-corrected chi connectivity index (χ0v) is 12.9. The van der Waals surface area contributed by atoms with E-state index in [1.54, 1.807) is 18.9 Å². The summed E-state index contributed by atoms with van der Waals surface area (Å²) in [5.41, 5.74) is 1.05. The van der Waals surface area contributed by atoms with Gasteiger partial charge in [-0.15, -0.1) is 0 Å². The molecule has 5 nitrogen and oxygen atoms in total. The number of rotatable bonds is 8. The molecular weight excluding hydrogens is 268 g/mol. The van der Waals surface area contributed by atoms with Crippen LogP contribution < -0.4 is 5.32 Å². The summed E-state index contributed by atoms with van der Waals surface area (Å²) in [5.74, 6) is -1.02. The third kappa shape index (κ3) is 5.55. The summed E-state index contributed by atoms with van der Waals surface area (Å²) >= 11 is 0. The second kappa shape index (κ2) is 8.42. The molecule has 0 saturated carbocycles. The van der Waals surface area contributed by atoms with Gasteiger partial charge in [-0.2, -0.15) is 0 Å². The summed E-state index contributed by atoms with van der Waals surface area (Å²) in [6.45, 7) is 4.14. The summed E-state index contributed by atoms with van der Waals surface area (Å²) in [6, 6.07) is 8.49. The zero-order valence-electron chi connectivity index (χ0n) is 12.9. The lowest BCUT2D eigenvalue weighted by Gasteiger charge is -2.24. The van der Waals surface area contributed by atoms with Crippen molar-refractivity contribution < 1.29 is 14.7 Å². The van der Waals surface area contributed by atoms with Crippen molar-refractivity contribution in [2.45, 2.75) is 45.3 Å². The smallest absolute Gasteiger partial charge is 0.320 e. The van der Waals surface area contributed by atoms with Crippen molar-refractivity contribution in [2.24, 2.45) is 0 Å². The van der Waals surface area contributed by atoms with Gasteiger partial charge in [-0.25, -0.2) is 0 Å². The van der Waals surface area contributed by atoms with Gasteiger partial charge in [-0.05, 0) is 18.9 Å². The fourth-order valence-electron chi connectivity index (χ4n) is 2.21. The third-order valence-corrected chi connectivity index (χ3v) is 3.34. The average molecular weight is 292 g/mol. The maximum absolute atomic E-state index is 12.3. The Morgan fingerprint density at radius 1 is 1.29 bits per heavy atom. The van der Waals surface area contributed by atoms with E-state index in [1.807, 2.05) is 37.3 Å². The third-order valence-electron chi connectivity index (χ3n) is 3.34. The Morgan fingerprint density at radius 2 is 1.90 bits per heavy atom. The summed E-state index contributed by atoms with van der Waals surface area (Å²) in [7, 11) is 1.73. The van der Waals surface area contributed by atoms with E-state index in [2.05, 4.69) is 5.32 Å². The first-order chi connectivity index (χ1) is 9.95. The van der Waals surface area contributed by atoms with Gasteiger partial charge < -0.3 is 10.0 Å². The molecule has 0 aliphatic heterocycles. The summed E-state index contributed by atoms with van der Waals surface area (Å²) in [4.78, 5) is 25.0. The van der Waals surface area contributed by atoms with Gasteiger partial charge in [0.1, 0.15) is 6.04 Å². The van der Waals surface area contributed by atoms with Gasteiger partial charge in [0.05, 0.1) is 6.04 Å². The monoisotopic (exact) mass is 292 g/mol. The molecule has 1 aromatic carbocycles. The van der Waals surface area contributed by atoms with Crippen molar-refractivity contribution in [1.29, 1.82) is 0 Å². The predicted molar refractivity (Wildman–Crippen MR) is 81.8 cm³/mol. The lowest BCUT2D eigenvalue weighted by atomic mass is 10.1. The first-order valence-electron chi connectivity index (χ1n) is 7.23. The molecule has 0 heterocycles. The number of aliphatic carboxylic acids is 1. The minimum absolute atomic E-state index is 0.110. The van der Waals surface area contributed by atoms with Gasteiger partial charge in [0.2, 0.25) is 5.91 Å². The average Bonchev–Trinajstić information content (AvgIpc) is 2.46. The molecule has 5 heteroatoms. The van der Waals surface area contributed by atoms with Crippen molar-refractivity contribution in [1.82, 2.24) is 10.2 Å². The quantitative estimate of drug-likeness (QED) is 0.767. The van der Waals surface area contributed by atoms with Crippen LogP contribution in [0.5, 0.6) is 0 Å². The number of hydrogen-bond donors (Lipinski definition) is 2. The molecule has 0 radical (unpaired) electrons. The Morgan fingerprint density at radius 3 is 2.43 bits per heavy atom. The first-order valence-corrected chi connectivity index (χ1v) is 7.23. The molecule has 2 N–H and O–H groups in total. The minimum Gasteiger partial charge on any atom is -0.480 e. The summed E-state index contributed by atoms with van der Waals surface area (Å²) in [5, 5.41) is 12.0. The van der Waals surface area contributed by atoms with Crippen molar-refractivity contribution in [3.8, 4) is 0 Å². The van der Waals surface area contributed by atoms with E-state index in [1.165, 1.54) is 0 Å². The number of carboxylic acid groups (broad SMARTS) is 1. The van der Waals surface area contributed by atoms with Crippen LogP contribution in [0.15, 0.2) is 30.3 Å². The van der Waals surface area contributed by atoms with Crippen LogP contribution >= 0.6 is 0 Å². The number of likely N-dealkylation sites (N-methyl/N-ethyl adjacent to an activating group) is 1. The van der Waals surface area contributed by atoms with E-state index in [0.29, 0.717) is 13.0 Å². The van der Waals surface area contributed by atoms with Gasteiger partial charge in [-0.3, -0.25) is 14.9 Å². The summed E-state index contributed by atoms with van der Waals surface area (Å²) < 4.78 is 0.